The Labute approximate surface area is 123 Å². The van der Waals surface area contributed by atoms with Crippen LogP contribution in [0, 0.1) is 5.82 Å². The average Bonchev–Trinajstić information content (AvgIpc) is 2.92. The van der Waals surface area contributed by atoms with Crippen molar-refractivity contribution in [2.75, 3.05) is 0 Å². The molecule has 0 spiro atoms. The summed E-state index contributed by atoms with van der Waals surface area (Å²) in [4.78, 5) is 11.6. The minimum Gasteiger partial charge on any atom is -0.419 e. The lowest BCUT2D eigenvalue weighted by molar-refractivity contribution is 0.479. The number of hydrogen-bond acceptors (Lipinski definition) is 4. The highest BCUT2D eigenvalue weighted by Gasteiger charge is 2.10. The van der Waals surface area contributed by atoms with Crippen molar-refractivity contribution in [2.24, 2.45) is 0 Å². The predicted molar refractivity (Wildman–Crippen MR) is 74.5 cm³/mol. The monoisotopic (exact) mass is 305 g/mol. The van der Waals surface area contributed by atoms with Gasteiger partial charge >= 0.3 is 0 Å². The van der Waals surface area contributed by atoms with Crippen LogP contribution in [0.3, 0.4) is 0 Å². The quantitative estimate of drug-likeness (QED) is 0.746. The molecule has 0 saturated carbocycles. The molecule has 3 aromatic rings. The number of benzene rings is 1. The van der Waals surface area contributed by atoms with Gasteiger partial charge in [0.1, 0.15) is 12.4 Å². The van der Waals surface area contributed by atoms with E-state index in [4.69, 9.17) is 16.0 Å². The van der Waals surface area contributed by atoms with Crippen LogP contribution in [-0.2, 0) is 6.54 Å². The van der Waals surface area contributed by atoms with Gasteiger partial charge in [-0.2, -0.15) is 0 Å². The standard InChI is InChI=1S/C14H9ClFN3O2/c15-10-3-1-9(2-4-10)14-18-17-12(21-14)8-19-7-11(16)5-6-13(19)20/h1-7H,8H2. The van der Waals surface area contributed by atoms with Crippen LogP contribution in [0.1, 0.15) is 5.89 Å². The summed E-state index contributed by atoms with van der Waals surface area (Å²) >= 11 is 5.80. The minimum atomic E-state index is -0.507. The molecule has 0 fully saturated rings. The van der Waals surface area contributed by atoms with E-state index in [1.807, 2.05) is 0 Å². The fourth-order valence-electron chi connectivity index (χ4n) is 1.80. The number of pyridine rings is 1. The first-order valence-electron chi connectivity index (χ1n) is 6.06. The highest BCUT2D eigenvalue weighted by atomic mass is 35.5. The molecular weight excluding hydrogens is 297 g/mol. The Morgan fingerprint density at radius 3 is 2.67 bits per heavy atom. The molecule has 21 heavy (non-hydrogen) atoms. The first-order valence-corrected chi connectivity index (χ1v) is 6.44. The van der Waals surface area contributed by atoms with Gasteiger partial charge in [-0.05, 0) is 30.3 Å². The van der Waals surface area contributed by atoms with Crippen molar-refractivity contribution in [3.63, 3.8) is 0 Å². The lowest BCUT2D eigenvalue weighted by Gasteiger charge is -2.01. The fraction of sp³-hybridized carbons (Fsp3) is 0.0714. The summed E-state index contributed by atoms with van der Waals surface area (Å²) in [5.41, 5.74) is 0.368. The van der Waals surface area contributed by atoms with Crippen LogP contribution in [0.2, 0.25) is 5.02 Å². The zero-order valence-electron chi connectivity index (χ0n) is 10.7. The number of aromatic nitrogens is 3. The lowest BCUT2D eigenvalue weighted by Crippen LogP contribution is -2.19. The normalized spacial score (nSPS) is 10.8. The molecule has 0 radical (unpaired) electrons. The van der Waals surface area contributed by atoms with Crippen LogP contribution < -0.4 is 5.56 Å². The van der Waals surface area contributed by atoms with Crippen LogP contribution in [-0.4, -0.2) is 14.8 Å². The molecule has 3 rings (SSSR count). The second-order valence-corrected chi connectivity index (χ2v) is 4.76. The fourth-order valence-corrected chi connectivity index (χ4v) is 1.92. The van der Waals surface area contributed by atoms with E-state index in [-0.39, 0.29) is 18.0 Å². The Hall–Kier alpha value is -2.47. The molecule has 0 amide bonds. The van der Waals surface area contributed by atoms with E-state index in [1.165, 1.54) is 0 Å². The van der Waals surface area contributed by atoms with Gasteiger partial charge in [0.25, 0.3) is 5.56 Å². The van der Waals surface area contributed by atoms with Crippen molar-refractivity contribution in [2.45, 2.75) is 6.54 Å². The van der Waals surface area contributed by atoms with E-state index < -0.39 is 5.82 Å². The van der Waals surface area contributed by atoms with E-state index in [2.05, 4.69) is 10.2 Å². The maximum Gasteiger partial charge on any atom is 0.251 e. The molecule has 0 unspecified atom stereocenters. The average molecular weight is 306 g/mol. The Morgan fingerprint density at radius 1 is 1.14 bits per heavy atom. The van der Waals surface area contributed by atoms with Crippen molar-refractivity contribution in [1.29, 1.82) is 0 Å². The van der Waals surface area contributed by atoms with Gasteiger partial charge in [0, 0.05) is 22.8 Å². The second-order valence-electron chi connectivity index (χ2n) is 4.32. The highest BCUT2D eigenvalue weighted by molar-refractivity contribution is 6.30. The van der Waals surface area contributed by atoms with Crippen molar-refractivity contribution < 1.29 is 8.81 Å². The van der Waals surface area contributed by atoms with Crippen molar-refractivity contribution >= 4 is 11.6 Å². The van der Waals surface area contributed by atoms with E-state index in [9.17, 15) is 9.18 Å². The topological polar surface area (TPSA) is 60.9 Å². The third kappa shape index (κ3) is 3.00. The molecule has 0 aliphatic carbocycles. The molecule has 0 atom stereocenters. The van der Waals surface area contributed by atoms with Gasteiger partial charge in [0.15, 0.2) is 0 Å². The molecule has 5 nitrogen and oxygen atoms in total. The summed E-state index contributed by atoms with van der Waals surface area (Å²) < 4.78 is 19.7. The number of hydrogen-bond donors (Lipinski definition) is 0. The van der Waals surface area contributed by atoms with Crippen LogP contribution in [0.25, 0.3) is 11.5 Å². The van der Waals surface area contributed by atoms with Crippen LogP contribution in [0.15, 0.2) is 51.8 Å². The maximum atomic E-state index is 13.1. The Balaban J connectivity index is 1.87. The van der Waals surface area contributed by atoms with Gasteiger partial charge in [-0.25, -0.2) is 4.39 Å². The van der Waals surface area contributed by atoms with E-state index >= 15 is 0 Å². The lowest BCUT2D eigenvalue weighted by atomic mass is 10.2. The largest absolute Gasteiger partial charge is 0.419 e. The first kappa shape index (κ1) is 13.5. The Kier molecular flexibility index (Phi) is 3.53. The van der Waals surface area contributed by atoms with Gasteiger partial charge in [0.2, 0.25) is 11.8 Å². The molecule has 1 aromatic carbocycles. The van der Waals surface area contributed by atoms with Gasteiger partial charge in [-0.1, -0.05) is 11.6 Å². The molecule has 0 N–H and O–H groups in total. The number of halogens is 2. The van der Waals surface area contributed by atoms with Crippen molar-refractivity contribution in [1.82, 2.24) is 14.8 Å². The zero-order valence-corrected chi connectivity index (χ0v) is 11.4. The Bertz CT molecular complexity index is 827. The summed E-state index contributed by atoms with van der Waals surface area (Å²) in [5, 5.41) is 8.35. The summed E-state index contributed by atoms with van der Waals surface area (Å²) in [5.74, 6) is 0.0193. The molecule has 0 bridgehead atoms. The van der Waals surface area contributed by atoms with Crippen molar-refractivity contribution in [3.8, 4) is 11.5 Å². The van der Waals surface area contributed by atoms with Gasteiger partial charge < -0.3 is 8.98 Å². The van der Waals surface area contributed by atoms with E-state index in [1.54, 1.807) is 24.3 Å². The van der Waals surface area contributed by atoms with E-state index in [0.29, 0.717) is 16.5 Å². The van der Waals surface area contributed by atoms with Crippen LogP contribution >= 0.6 is 11.6 Å². The van der Waals surface area contributed by atoms with Gasteiger partial charge in [-0.3, -0.25) is 4.79 Å². The smallest absolute Gasteiger partial charge is 0.251 e. The summed E-state index contributed by atoms with van der Waals surface area (Å²) in [7, 11) is 0. The molecule has 106 valence electrons. The van der Waals surface area contributed by atoms with Gasteiger partial charge in [0.05, 0.1) is 0 Å². The molecule has 2 heterocycles. The third-order valence-corrected chi connectivity index (χ3v) is 3.06. The first-order chi connectivity index (χ1) is 10.1. The number of nitrogens with zero attached hydrogens (tertiary/aromatic N) is 3. The highest BCUT2D eigenvalue weighted by Crippen LogP contribution is 2.20. The third-order valence-electron chi connectivity index (χ3n) is 2.81. The van der Waals surface area contributed by atoms with E-state index in [0.717, 1.165) is 22.9 Å². The minimum absolute atomic E-state index is 0.0111. The Morgan fingerprint density at radius 2 is 1.90 bits per heavy atom. The molecular formula is C14H9ClFN3O2. The summed E-state index contributed by atoms with van der Waals surface area (Å²) in [6.45, 7) is 0.0111. The molecule has 0 saturated heterocycles. The zero-order chi connectivity index (χ0) is 14.8. The van der Waals surface area contributed by atoms with Crippen LogP contribution in [0.4, 0.5) is 4.39 Å². The molecule has 2 aromatic heterocycles. The summed E-state index contributed by atoms with van der Waals surface area (Å²) in [6, 6.07) is 9.15. The predicted octanol–water partition coefficient (Wildman–Crippen LogP) is 2.74. The maximum absolute atomic E-state index is 13.1. The summed E-state index contributed by atoms with van der Waals surface area (Å²) in [6.07, 6.45) is 1.09. The molecule has 0 aliphatic heterocycles. The molecule has 7 heteroatoms. The van der Waals surface area contributed by atoms with Crippen molar-refractivity contribution in [3.05, 3.63) is 69.7 Å². The SMILES string of the molecule is O=c1ccc(F)cn1Cc1nnc(-c2ccc(Cl)cc2)o1. The molecule has 0 aliphatic rings. The second kappa shape index (κ2) is 5.49. The van der Waals surface area contributed by atoms with Gasteiger partial charge in [-0.15, -0.1) is 10.2 Å². The van der Waals surface area contributed by atoms with Crippen LogP contribution in [0.5, 0.6) is 0 Å². The number of rotatable bonds is 3.